The predicted molar refractivity (Wildman–Crippen MR) is 75.2 cm³/mol. The van der Waals surface area contributed by atoms with Crippen molar-refractivity contribution in [1.29, 1.82) is 0 Å². The third-order valence-corrected chi connectivity index (χ3v) is 3.43. The van der Waals surface area contributed by atoms with Gasteiger partial charge >= 0.3 is 0 Å². The Balaban J connectivity index is 2.04. The molecule has 1 N–H and O–H groups in total. The molecule has 96 valence electrons. The van der Waals surface area contributed by atoms with E-state index in [0.29, 0.717) is 11.7 Å². The summed E-state index contributed by atoms with van der Waals surface area (Å²) in [6.45, 7) is 4.80. The van der Waals surface area contributed by atoms with Crippen molar-refractivity contribution in [3.05, 3.63) is 33.1 Å². The van der Waals surface area contributed by atoms with Crippen molar-refractivity contribution in [3.63, 3.8) is 0 Å². The fourth-order valence-corrected chi connectivity index (χ4v) is 2.49. The molecule has 0 atom stereocenters. The van der Waals surface area contributed by atoms with Gasteiger partial charge in [0, 0.05) is 23.6 Å². The van der Waals surface area contributed by atoms with E-state index in [9.17, 15) is 0 Å². The van der Waals surface area contributed by atoms with Crippen LogP contribution in [0.2, 0.25) is 5.15 Å². The molecule has 0 spiro atoms. The molecule has 0 saturated heterocycles. The maximum absolute atomic E-state index is 5.97. The zero-order valence-electron chi connectivity index (χ0n) is 10.4. The van der Waals surface area contributed by atoms with Crippen LogP contribution in [0.1, 0.15) is 29.1 Å². The summed E-state index contributed by atoms with van der Waals surface area (Å²) in [4.78, 5) is 14.0. The van der Waals surface area contributed by atoms with Crippen LogP contribution >= 0.6 is 22.9 Å². The molecule has 0 fully saturated rings. The summed E-state index contributed by atoms with van der Waals surface area (Å²) < 4.78 is 0. The first kappa shape index (κ1) is 13.2. The molecule has 4 nitrogen and oxygen atoms in total. The number of hydrogen-bond donors (Lipinski definition) is 1. The number of nitrogens with zero attached hydrogens (tertiary/aromatic N) is 3. The van der Waals surface area contributed by atoms with Crippen LogP contribution in [0.4, 0.5) is 5.82 Å². The highest BCUT2D eigenvalue weighted by atomic mass is 35.5. The number of anilines is 1. The number of halogens is 1. The Morgan fingerprint density at radius 3 is 2.89 bits per heavy atom. The first-order valence-electron chi connectivity index (χ1n) is 5.86. The first-order chi connectivity index (χ1) is 8.67. The van der Waals surface area contributed by atoms with Gasteiger partial charge in [-0.15, -0.1) is 11.3 Å². The molecule has 0 aliphatic carbocycles. The zero-order chi connectivity index (χ0) is 13.0. The number of hydrogen-bond acceptors (Lipinski definition) is 5. The van der Waals surface area contributed by atoms with Gasteiger partial charge in [-0.05, 0) is 13.3 Å². The van der Waals surface area contributed by atoms with Crippen molar-refractivity contribution in [3.8, 4) is 0 Å². The maximum Gasteiger partial charge on any atom is 0.134 e. The summed E-state index contributed by atoms with van der Waals surface area (Å²) in [5.74, 6) is 1.55. The molecule has 0 radical (unpaired) electrons. The number of nitrogens with one attached hydrogen (secondary N) is 1. The lowest BCUT2D eigenvalue weighted by Crippen LogP contribution is -2.03. The number of thiazole rings is 1. The minimum Gasteiger partial charge on any atom is -0.365 e. The highest BCUT2D eigenvalue weighted by molar-refractivity contribution is 7.11. The van der Waals surface area contributed by atoms with E-state index in [1.807, 2.05) is 13.1 Å². The van der Waals surface area contributed by atoms with Crippen LogP contribution in [0.5, 0.6) is 0 Å². The van der Waals surface area contributed by atoms with Crippen molar-refractivity contribution < 1.29 is 0 Å². The fourth-order valence-electron chi connectivity index (χ4n) is 1.56. The second kappa shape index (κ2) is 6.11. The van der Waals surface area contributed by atoms with E-state index in [0.717, 1.165) is 29.5 Å². The van der Waals surface area contributed by atoms with E-state index >= 15 is 0 Å². The molecule has 0 aromatic carbocycles. The summed E-state index contributed by atoms with van der Waals surface area (Å²) in [5, 5.41) is 4.80. The van der Waals surface area contributed by atoms with Gasteiger partial charge in [0.15, 0.2) is 0 Å². The van der Waals surface area contributed by atoms with Crippen LogP contribution in [-0.2, 0) is 13.0 Å². The molecule has 0 aliphatic heterocycles. The summed E-state index contributed by atoms with van der Waals surface area (Å²) in [6.07, 6.45) is 3.73. The Morgan fingerprint density at radius 1 is 1.39 bits per heavy atom. The Bertz CT molecular complexity index is 527. The summed E-state index contributed by atoms with van der Waals surface area (Å²) in [5.41, 5.74) is 0. The Morgan fingerprint density at radius 2 is 2.22 bits per heavy atom. The molecule has 2 rings (SSSR count). The molecule has 2 heterocycles. The first-order valence-corrected chi connectivity index (χ1v) is 7.05. The van der Waals surface area contributed by atoms with Gasteiger partial charge in [0.2, 0.25) is 0 Å². The highest BCUT2D eigenvalue weighted by Gasteiger charge is 2.04. The Kier molecular flexibility index (Phi) is 4.49. The number of rotatable bonds is 5. The SMILES string of the molecule is CCCc1nc(Cl)cc(NCc2cnc(C)s2)n1. The molecule has 18 heavy (non-hydrogen) atoms. The lowest BCUT2D eigenvalue weighted by Gasteiger charge is -2.06. The Hall–Kier alpha value is -1.20. The lowest BCUT2D eigenvalue weighted by molar-refractivity contribution is 0.834. The van der Waals surface area contributed by atoms with E-state index in [1.54, 1.807) is 17.4 Å². The minimum absolute atomic E-state index is 0.483. The molecule has 2 aromatic rings. The lowest BCUT2D eigenvalue weighted by atomic mass is 10.3. The van der Waals surface area contributed by atoms with Gasteiger partial charge in [0.05, 0.1) is 11.6 Å². The molecule has 6 heteroatoms. The van der Waals surface area contributed by atoms with Crippen LogP contribution < -0.4 is 5.32 Å². The molecule has 0 saturated carbocycles. The van der Waals surface area contributed by atoms with Crippen molar-refractivity contribution >= 4 is 28.8 Å². The van der Waals surface area contributed by atoms with Gasteiger partial charge in [0.1, 0.15) is 16.8 Å². The van der Waals surface area contributed by atoms with Crippen LogP contribution in [0.15, 0.2) is 12.3 Å². The molecule has 0 bridgehead atoms. The Labute approximate surface area is 115 Å². The smallest absolute Gasteiger partial charge is 0.134 e. The highest BCUT2D eigenvalue weighted by Crippen LogP contribution is 2.16. The van der Waals surface area contributed by atoms with E-state index in [1.165, 1.54) is 4.88 Å². The molecule has 0 unspecified atom stereocenters. The van der Waals surface area contributed by atoms with E-state index in [-0.39, 0.29) is 0 Å². The van der Waals surface area contributed by atoms with Gasteiger partial charge < -0.3 is 5.32 Å². The minimum atomic E-state index is 0.483. The van der Waals surface area contributed by atoms with Gasteiger partial charge in [0.25, 0.3) is 0 Å². The zero-order valence-corrected chi connectivity index (χ0v) is 12.0. The summed E-state index contributed by atoms with van der Waals surface area (Å²) in [6, 6.07) is 1.74. The van der Waals surface area contributed by atoms with Gasteiger partial charge in [-0.1, -0.05) is 18.5 Å². The monoisotopic (exact) mass is 282 g/mol. The fraction of sp³-hybridized carbons (Fsp3) is 0.417. The van der Waals surface area contributed by atoms with E-state index < -0.39 is 0 Å². The van der Waals surface area contributed by atoms with E-state index in [4.69, 9.17) is 11.6 Å². The molecule has 0 aliphatic rings. The topological polar surface area (TPSA) is 50.7 Å². The van der Waals surface area contributed by atoms with Crippen molar-refractivity contribution in [2.24, 2.45) is 0 Å². The predicted octanol–water partition coefficient (Wildman–Crippen LogP) is 3.46. The van der Waals surface area contributed by atoms with E-state index in [2.05, 4.69) is 27.2 Å². The van der Waals surface area contributed by atoms with Gasteiger partial charge in [-0.25, -0.2) is 15.0 Å². The van der Waals surface area contributed by atoms with Crippen molar-refractivity contribution in [2.45, 2.75) is 33.2 Å². The molecule has 2 aromatic heterocycles. The standard InChI is InChI=1S/C12H15ClN4S/c1-3-4-11-16-10(13)5-12(17-11)15-7-9-6-14-8(2)18-9/h5-6H,3-4,7H2,1-2H3,(H,15,16,17). The largest absolute Gasteiger partial charge is 0.365 e. The third-order valence-electron chi connectivity index (χ3n) is 2.33. The molecular weight excluding hydrogens is 268 g/mol. The average Bonchev–Trinajstić information content (AvgIpc) is 2.72. The molecule has 0 amide bonds. The van der Waals surface area contributed by atoms with Crippen molar-refractivity contribution in [2.75, 3.05) is 5.32 Å². The molecular formula is C12H15ClN4S. The van der Waals surface area contributed by atoms with Crippen LogP contribution in [-0.4, -0.2) is 15.0 Å². The number of aromatic nitrogens is 3. The normalized spacial score (nSPS) is 10.6. The van der Waals surface area contributed by atoms with Crippen LogP contribution in [0, 0.1) is 6.92 Å². The van der Waals surface area contributed by atoms with Crippen LogP contribution in [0.25, 0.3) is 0 Å². The summed E-state index contributed by atoms with van der Waals surface area (Å²) >= 11 is 7.65. The maximum atomic E-state index is 5.97. The van der Waals surface area contributed by atoms with Gasteiger partial charge in [-0.3, -0.25) is 0 Å². The second-order valence-electron chi connectivity index (χ2n) is 3.94. The van der Waals surface area contributed by atoms with Crippen LogP contribution in [0.3, 0.4) is 0 Å². The number of aryl methyl sites for hydroxylation is 2. The second-order valence-corrected chi connectivity index (χ2v) is 5.65. The summed E-state index contributed by atoms with van der Waals surface area (Å²) in [7, 11) is 0. The average molecular weight is 283 g/mol. The van der Waals surface area contributed by atoms with Crippen molar-refractivity contribution in [1.82, 2.24) is 15.0 Å². The quantitative estimate of drug-likeness (QED) is 0.853. The van der Waals surface area contributed by atoms with Gasteiger partial charge in [-0.2, -0.15) is 0 Å². The third kappa shape index (κ3) is 3.65.